The molecule has 96 valence electrons. The van der Waals surface area contributed by atoms with Crippen LogP contribution in [0.4, 0.5) is 0 Å². The van der Waals surface area contributed by atoms with Crippen LogP contribution in [0.25, 0.3) is 0 Å². The monoisotopic (exact) mass is 264 g/mol. The Balaban J connectivity index is 1.74. The molecule has 1 aromatic rings. The van der Waals surface area contributed by atoms with Gasteiger partial charge in [-0.3, -0.25) is 9.59 Å². The van der Waals surface area contributed by atoms with Gasteiger partial charge in [0.1, 0.15) is 6.10 Å². The molecule has 4 heteroatoms. The van der Waals surface area contributed by atoms with Gasteiger partial charge in [0.05, 0.1) is 6.42 Å². The van der Waals surface area contributed by atoms with Crippen LogP contribution < -0.4 is 0 Å². The van der Waals surface area contributed by atoms with E-state index in [9.17, 15) is 9.59 Å². The molecule has 2 rings (SSSR count). The summed E-state index contributed by atoms with van der Waals surface area (Å²) in [5, 5.41) is 0. The van der Waals surface area contributed by atoms with E-state index in [1.165, 1.54) is 0 Å². The lowest BCUT2D eigenvalue weighted by atomic mass is 10.1. The highest BCUT2D eigenvalue weighted by Crippen LogP contribution is 2.20. The van der Waals surface area contributed by atoms with Crippen LogP contribution in [0.3, 0.4) is 0 Å². The number of carbonyl (C=O) groups is 2. The number of esters is 1. The van der Waals surface area contributed by atoms with Crippen LogP contribution in [0, 0.1) is 0 Å². The third kappa shape index (κ3) is 3.88. The van der Waals surface area contributed by atoms with Crippen molar-refractivity contribution in [3.8, 4) is 0 Å². The minimum atomic E-state index is -0.258. The number of Topliss-reactive ketones (excluding diaryl/α,β-unsaturated/α-hetero) is 1. The first kappa shape index (κ1) is 13.1. The van der Waals surface area contributed by atoms with Crippen LogP contribution in [-0.4, -0.2) is 29.4 Å². The molecule has 0 spiro atoms. The Bertz CT molecular complexity index is 410. The lowest BCUT2D eigenvalue weighted by Crippen LogP contribution is -2.18. The second-order valence-corrected chi connectivity index (χ2v) is 5.41. The topological polar surface area (TPSA) is 43.4 Å². The first-order valence-corrected chi connectivity index (χ1v) is 7.26. The fourth-order valence-corrected chi connectivity index (χ4v) is 2.93. The Kier molecular flexibility index (Phi) is 4.81. The fourth-order valence-electron chi connectivity index (χ4n) is 1.83. The number of rotatable bonds is 5. The van der Waals surface area contributed by atoms with Crippen molar-refractivity contribution in [2.45, 2.75) is 25.4 Å². The first-order chi connectivity index (χ1) is 8.75. The first-order valence-electron chi connectivity index (χ1n) is 6.11. The molecule has 1 saturated heterocycles. The maximum Gasteiger partial charge on any atom is 0.306 e. The van der Waals surface area contributed by atoms with Crippen LogP contribution in [0.15, 0.2) is 30.3 Å². The average Bonchev–Trinajstić information content (AvgIpc) is 2.90. The van der Waals surface area contributed by atoms with E-state index < -0.39 is 0 Å². The van der Waals surface area contributed by atoms with Gasteiger partial charge in [-0.1, -0.05) is 30.3 Å². The molecule has 0 aliphatic carbocycles. The molecular formula is C14H16O3S. The van der Waals surface area contributed by atoms with Crippen LogP contribution in [0.2, 0.25) is 0 Å². The van der Waals surface area contributed by atoms with Gasteiger partial charge >= 0.3 is 5.97 Å². The van der Waals surface area contributed by atoms with Crippen molar-refractivity contribution in [1.82, 2.24) is 0 Å². The van der Waals surface area contributed by atoms with Crippen molar-refractivity contribution >= 4 is 23.5 Å². The van der Waals surface area contributed by atoms with Gasteiger partial charge in [-0.2, -0.15) is 11.8 Å². The number of carbonyl (C=O) groups excluding carboxylic acids is 2. The Morgan fingerprint density at radius 2 is 2.00 bits per heavy atom. The lowest BCUT2D eigenvalue weighted by Gasteiger charge is -2.10. The largest absolute Gasteiger partial charge is 0.461 e. The van der Waals surface area contributed by atoms with E-state index in [0.29, 0.717) is 5.56 Å². The normalized spacial score (nSPS) is 18.6. The molecule has 1 aromatic carbocycles. The SMILES string of the molecule is O=C(CCC(=O)c1ccccc1)O[C@@H]1CCSC1. The zero-order valence-electron chi connectivity index (χ0n) is 10.1. The summed E-state index contributed by atoms with van der Waals surface area (Å²) in [5.41, 5.74) is 0.654. The average molecular weight is 264 g/mol. The van der Waals surface area contributed by atoms with E-state index >= 15 is 0 Å². The number of hydrogen-bond donors (Lipinski definition) is 0. The van der Waals surface area contributed by atoms with Gasteiger partial charge in [0.2, 0.25) is 0 Å². The van der Waals surface area contributed by atoms with Gasteiger partial charge in [0.25, 0.3) is 0 Å². The van der Waals surface area contributed by atoms with E-state index in [-0.39, 0.29) is 30.7 Å². The zero-order chi connectivity index (χ0) is 12.8. The number of thioether (sulfide) groups is 1. The highest BCUT2D eigenvalue weighted by atomic mass is 32.2. The highest BCUT2D eigenvalue weighted by Gasteiger charge is 2.20. The predicted molar refractivity (Wildman–Crippen MR) is 71.8 cm³/mol. The third-order valence-electron chi connectivity index (χ3n) is 2.84. The van der Waals surface area contributed by atoms with E-state index in [0.717, 1.165) is 17.9 Å². The highest BCUT2D eigenvalue weighted by molar-refractivity contribution is 7.99. The summed E-state index contributed by atoms with van der Waals surface area (Å²) in [6.45, 7) is 0. The second kappa shape index (κ2) is 6.59. The molecule has 1 aliphatic heterocycles. The Morgan fingerprint density at radius 1 is 1.22 bits per heavy atom. The smallest absolute Gasteiger partial charge is 0.306 e. The Hall–Kier alpha value is -1.29. The summed E-state index contributed by atoms with van der Waals surface area (Å²) in [4.78, 5) is 23.3. The number of ether oxygens (including phenoxy) is 1. The standard InChI is InChI=1S/C14H16O3S/c15-13(11-4-2-1-3-5-11)6-7-14(16)17-12-8-9-18-10-12/h1-5,12H,6-10H2/t12-/m1/s1. The summed E-state index contributed by atoms with van der Waals surface area (Å²) in [6.07, 6.45) is 1.38. The molecule has 1 heterocycles. The molecule has 0 amide bonds. The summed E-state index contributed by atoms with van der Waals surface area (Å²) in [7, 11) is 0. The molecule has 1 aliphatic rings. The molecule has 1 fully saturated rings. The number of benzene rings is 1. The van der Waals surface area contributed by atoms with Gasteiger partial charge in [-0.05, 0) is 12.2 Å². The molecule has 18 heavy (non-hydrogen) atoms. The number of hydrogen-bond acceptors (Lipinski definition) is 4. The van der Waals surface area contributed by atoms with Gasteiger partial charge < -0.3 is 4.74 Å². The molecular weight excluding hydrogens is 248 g/mol. The molecule has 0 radical (unpaired) electrons. The van der Waals surface area contributed by atoms with Crippen LogP contribution in [0.1, 0.15) is 29.6 Å². The minimum absolute atomic E-state index is 0.00616. The maximum atomic E-state index is 11.8. The van der Waals surface area contributed by atoms with Gasteiger partial charge in [-0.15, -0.1) is 0 Å². The van der Waals surface area contributed by atoms with Crippen molar-refractivity contribution in [2.24, 2.45) is 0 Å². The van der Waals surface area contributed by atoms with E-state index in [2.05, 4.69) is 0 Å². The second-order valence-electron chi connectivity index (χ2n) is 4.26. The van der Waals surface area contributed by atoms with E-state index in [1.54, 1.807) is 23.9 Å². The van der Waals surface area contributed by atoms with Gasteiger partial charge in [0.15, 0.2) is 5.78 Å². The third-order valence-corrected chi connectivity index (χ3v) is 3.97. The van der Waals surface area contributed by atoms with E-state index in [1.807, 2.05) is 18.2 Å². The van der Waals surface area contributed by atoms with Crippen molar-refractivity contribution in [3.63, 3.8) is 0 Å². The molecule has 0 bridgehead atoms. The molecule has 0 unspecified atom stereocenters. The van der Waals surface area contributed by atoms with Crippen molar-refractivity contribution in [3.05, 3.63) is 35.9 Å². The van der Waals surface area contributed by atoms with Gasteiger partial charge in [0, 0.05) is 17.7 Å². The fraction of sp³-hybridized carbons (Fsp3) is 0.429. The molecule has 1 atom stereocenters. The van der Waals surface area contributed by atoms with Crippen LogP contribution >= 0.6 is 11.8 Å². The van der Waals surface area contributed by atoms with Crippen LogP contribution in [0.5, 0.6) is 0 Å². The zero-order valence-corrected chi connectivity index (χ0v) is 10.9. The lowest BCUT2D eigenvalue weighted by molar-refractivity contribution is -0.147. The summed E-state index contributed by atoms with van der Waals surface area (Å²) in [5.74, 6) is 1.68. The molecule has 0 aromatic heterocycles. The molecule has 3 nitrogen and oxygen atoms in total. The maximum absolute atomic E-state index is 11.8. The summed E-state index contributed by atoms with van der Waals surface area (Å²) < 4.78 is 5.29. The van der Waals surface area contributed by atoms with Crippen molar-refractivity contribution in [2.75, 3.05) is 11.5 Å². The molecule has 0 saturated carbocycles. The predicted octanol–water partition coefficient (Wildman–Crippen LogP) is 2.70. The molecule has 0 N–H and O–H groups in total. The summed E-state index contributed by atoms with van der Waals surface area (Å²) >= 11 is 1.80. The minimum Gasteiger partial charge on any atom is -0.461 e. The van der Waals surface area contributed by atoms with Crippen LogP contribution in [-0.2, 0) is 9.53 Å². The Labute approximate surface area is 111 Å². The van der Waals surface area contributed by atoms with Gasteiger partial charge in [-0.25, -0.2) is 0 Å². The number of ketones is 1. The Morgan fingerprint density at radius 3 is 2.67 bits per heavy atom. The van der Waals surface area contributed by atoms with E-state index in [4.69, 9.17) is 4.74 Å². The van der Waals surface area contributed by atoms with Crippen molar-refractivity contribution < 1.29 is 14.3 Å². The summed E-state index contributed by atoms with van der Waals surface area (Å²) in [6, 6.07) is 9.04. The van der Waals surface area contributed by atoms with Crippen molar-refractivity contribution in [1.29, 1.82) is 0 Å². The quantitative estimate of drug-likeness (QED) is 0.606.